The molecule has 24 nitrogen and oxygen atoms in total. The lowest BCUT2D eigenvalue weighted by atomic mass is 9.33. The van der Waals surface area contributed by atoms with Crippen LogP contribution in [0.4, 0.5) is 0 Å². The number of Topliss-reactive ketones (excluding diaryl/α,β-unsaturated/α-hetero) is 2. The van der Waals surface area contributed by atoms with Crippen molar-refractivity contribution in [2.45, 2.75) is 290 Å². The third-order valence-electron chi connectivity index (χ3n) is 33.8. The van der Waals surface area contributed by atoms with E-state index in [2.05, 4.69) is 127 Å². The Hall–Kier alpha value is -6.44. The van der Waals surface area contributed by atoms with E-state index in [1.807, 2.05) is 0 Å². The molecule has 19 atom stereocenters. The molecule has 8 N–H and O–H groups in total. The molecule has 4 aromatic heterocycles. The number of ketones is 2. The van der Waals surface area contributed by atoms with Crippen molar-refractivity contribution in [1.82, 2.24) is 49.5 Å². The van der Waals surface area contributed by atoms with E-state index in [1.165, 1.54) is 25.5 Å². The number of carbonyl (C=O) groups excluding carboxylic acids is 4. The number of fused-ring (bicyclic) bond motifs is 14. The van der Waals surface area contributed by atoms with Gasteiger partial charge in [-0.15, -0.1) is 20.4 Å². The van der Waals surface area contributed by atoms with E-state index in [4.69, 9.17) is 54.2 Å². The van der Waals surface area contributed by atoms with Crippen LogP contribution in [0.3, 0.4) is 0 Å². The third kappa shape index (κ3) is 12.5. The van der Waals surface area contributed by atoms with Gasteiger partial charge < -0.3 is 50.5 Å². The maximum Gasteiger partial charge on any atom is 0.310 e. The Morgan fingerprint density at radius 3 is 1.37 bits per heavy atom. The zero-order valence-corrected chi connectivity index (χ0v) is 71.8. The van der Waals surface area contributed by atoms with Crippen LogP contribution >= 0.6 is 23.2 Å². The number of halogens is 2. The summed E-state index contributed by atoms with van der Waals surface area (Å²) >= 11 is 13.2. The highest BCUT2D eigenvalue weighted by atomic mass is 35.5. The highest BCUT2D eigenvalue weighted by molar-refractivity contribution is 6.31. The van der Waals surface area contributed by atoms with Crippen molar-refractivity contribution in [3.05, 3.63) is 68.3 Å². The number of ether oxygens (including phenoxy) is 2. The molecule has 2 unspecified atom stereocenters. The average molecular weight is 1610 g/mol. The van der Waals surface area contributed by atoms with Crippen LogP contribution in [-0.2, 0) is 57.8 Å². The van der Waals surface area contributed by atoms with Crippen molar-refractivity contribution in [3.8, 4) is 23.3 Å². The second-order valence-corrected chi connectivity index (χ2v) is 42.0. The van der Waals surface area contributed by atoms with Crippen LogP contribution in [0.15, 0.2) is 40.9 Å². The summed E-state index contributed by atoms with van der Waals surface area (Å²) in [7, 11) is 0. The Labute approximate surface area is 681 Å². The molecule has 0 spiro atoms. The van der Waals surface area contributed by atoms with Gasteiger partial charge in [0.2, 0.25) is 11.6 Å². The number of rotatable bonds is 22. The van der Waals surface area contributed by atoms with E-state index < -0.39 is 75.7 Å². The van der Waals surface area contributed by atoms with E-state index in [1.54, 1.807) is 23.0 Å². The van der Waals surface area contributed by atoms with Crippen molar-refractivity contribution >= 4 is 58.6 Å². The molecule has 8 saturated carbocycles. The zero-order chi connectivity index (χ0) is 82.9. The third-order valence-corrected chi connectivity index (χ3v) is 34.3. The van der Waals surface area contributed by atoms with Crippen LogP contribution in [-0.4, -0.2) is 131 Å². The van der Waals surface area contributed by atoms with Crippen LogP contribution in [0.2, 0.25) is 10.0 Å². The molecule has 10 aliphatic carbocycles. The lowest BCUT2D eigenvalue weighted by molar-refractivity contribution is -0.235. The summed E-state index contributed by atoms with van der Waals surface area (Å²) in [6, 6.07) is 0. The van der Waals surface area contributed by atoms with Gasteiger partial charge >= 0.3 is 23.9 Å². The van der Waals surface area contributed by atoms with Crippen molar-refractivity contribution in [1.29, 1.82) is 0 Å². The molecule has 26 heteroatoms. The van der Waals surface area contributed by atoms with Gasteiger partial charge in [-0.05, 0) is 226 Å². The maximum atomic E-state index is 14.9. The topological polar surface area (TPSA) is 367 Å². The summed E-state index contributed by atoms with van der Waals surface area (Å²) in [5, 5.41) is 66.6. The quantitative estimate of drug-likeness (QED) is 0.0398. The Morgan fingerprint density at radius 2 is 0.956 bits per heavy atom. The number of aromatic nitrogens is 10. The molecule has 0 radical (unpaired) electrons. The highest BCUT2D eigenvalue weighted by Crippen LogP contribution is 2.80. The van der Waals surface area contributed by atoms with Crippen molar-refractivity contribution in [3.63, 3.8) is 0 Å². The van der Waals surface area contributed by atoms with Gasteiger partial charge in [-0.2, -0.15) is 0 Å². The normalized spacial score (nSPS) is 35.9. The summed E-state index contributed by atoms with van der Waals surface area (Å²) in [5.41, 5.74) is 9.67. The summed E-state index contributed by atoms with van der Waals surface area (Å²) < 4.78 is 16.4. The lowest BCUT2D eigenvalue weighted by Crippen LogP contribution is -2.66. The number of nitrogens with zero attached hydrogens (tertiary/aromatic N) is 10. The minimum absolute atomic E-state index is 0.0134. The number of nitrogens with two attached hydrogens (primary N) is 2. The molecule has 4 heterocycles. The first-order chi connectivity index (χ1) is 53.3. The van der Waals surface area contributed by atoms with Crippen LogP contribution in [0.5, 0.6) is 0 Å². The van der Waals surface area contributed by atoms with Crippen molar-refractivity contribution in [2.24, 2.45) is 124 Å². The molecule has 14 rings (SSSR count). The monoisotopic (exact) mass is 1610 g/mol. The molecular formula is C88H124Cl2N12O12. The lowest BCUT2D eigenvalue weighted by Gasteiger charge is -2.72. The maximum absolute atomic E-state index is 14.9. The fourth-order valence-electron chi connectivity index (χ4n) is 27.7. The van der Waals surface area contributed by atoms with E-state index in [9.17, 15) is 49.2 Å². The molecule has 622 valence electrons. The molecule has 114 heavy (non-hydrogen) atoms. The average Bonchev–Trinajstić information content (AvgIpc) is 1.20. The molecular weight excluding hydrogens is 1490 g/mol. The van der Waals surface area contributed by atoms with Gasteiger partial charge in [0.25, 0.3) is 0 Å². The highest BCUT2D eigenvalue weighted by Gasteiger charge is 2.74. The minimum atomic E-state index is -1.75. The van der Waals surface area contributed by atoms with E-state index in [0.717, 1.165) is 99.3 Å². The van der Waals surface area contributed by atoms with Crippen molar-refractivity contribution < 1.29 is 58.7 Å². The first-order valence-electron chi connectivity index (χ1n) is 42.3. The Kier molecular flexibility index (Phi) is 21.3. The first-order valence-corrected chi connectivity index (χ1v) is 43.1. The molecule has 4 aromatic rings. The summed E-state index contributed by atoms with van der Waals surface area (Å²) in [4.78, 5) is 102. The molecule has 0 aromatic carbocycles. The number of carboxylic acids is 2. The SMILES string of the molecule is CC(C)C1=C2[C@H]3CC[C@@H]4[C@@]5(C)CC[C@H](OC(=O)CC(C)(Cc6nc(-c7nnc([C@H](O)[C@@]89CC[C@]%10(C)[C@H](CC[C@@H]%11[C@@]%12(C)CC[C@H](OC(=O)CC(C)(C)C(=O)O)C(C)(C)[C@@H]%12CC[C@]%11%10C)C8=C(C(C)C)C(=O)C9)n7CCN)ncc6Cl)C(=O)O)C(C)(C)[C@@H]5CC[C@@]4(C)[C@]3(C)CC[C@@]2(C(O)c2nnc(-c3ncc(Cl)cn3)n2CCN)CC1=O. The first kappa shape index (κ1) is 84.0. The number of hydrogen-bond donors (Lipinski definition) is 6. The Balaban J connectivity index is 0.674. The molecule has 10 aliphatic rings. The van der Waals surface area contributed by atoms with E-state index in [0.29, 0.717) is 60.6 Å². The van der Waals surface area contributed by atoms with Gasteiger partial charge in [0.05, 0.1) is 39.4 Å². The number of aliphatic hydroxyl groups excluding tert-OH is 2. The van der Waals surface area contributed by atoms with Crippen LogP contribution in [0, 0.1) is 112 Å². The van der Waals surface area contributed by atoms with Crippen LogP contribution < -0.4 is 11.5 Å². The van der Waals surface area contributed by atoms with Gasteiger partial charge in [0, 0.05) is 85.7 Å². The standard InChI is InChI=1S/C88H124Cl2N12O12/c1-46(2)63-53(103)39-87(67(107)71-97-99-73(101(71)36-34-91)69-93-43-48(89)44-94-69)32-30-83(14)49(65(63)87)18-21-58-82(13)27-25-60(79(9,10)56(82)23-29-86(58,83)17)114-62(106)42-80(11,76(111)112)38-52-51(90)45-95-70(96-52)74-100-98-72(102(74)37-35-92)68(108)88-33-31-84(15)50(66(88)64(47(3)4)54(104)40-88)19-20-57-81(12)26-24-59(113-61(105)41-77(5,6)75(109)110)78(7,8)55(81)22-28-85(57,84)16/h43-47,49-50,55-60,67-68,107-108H,18-42,91-92H2,1-17H3,(H,109,110)(H,111,112)/t49-,50-,55+,56+,57-,58-,59+,60+,67?,68+,80?,81+,82+,83-,84-,85-,86-,87-,88-/m1/s1. The number of esters is 2. The van der Waals surface area contributed by atoms with Gasteiger partial charge in [-0.3, -0.25) is 28.8 Å². The summed E-state index contributed by atoms with van der Waals surface area (Å²) in [6.45, 7) is 37.4. The fraction of sp³-hybridized carbons (Fsp3) is 0.750. The number of carboxylic acid groups (broad SMARTS) is 2. The molecule has 8 fully saturated rings. The predicted molar refractivity (Wildman–Crippen MR) is 429 cm³/mol. The van der Waals surface area contributed by atoms with E-state index >= 15 is 0 Å². The Morgan fingerprint density at radius 1 is 0.535 bits per heavy atom. The number of allylic oxidation sites excluding steroid dienone is 2. The van der Waals surface area contributed by atoms with Gasteiger partial charge in [0.1, 0.15) is 24.4 Å². The van der Waals surface area contributed by atoms with E-state index in [-0.39, 0.29) is 171 Å². The molecule has 0 aliphatic heterocycles. The summed E-state index contributed by atoms with van der Waals surface area (Å²) in [5.74, 6) is -1.05. The van der Waals surface area contributed by atoms with Crippen LogP contribution in [0.25, 0.3) is 23.3 Å². The molecule has 0 amide bonds. The van der Waals surface area contributed by atoms with Crippen LogP contribution in [0.1, 0.15) is 276 Å². The van der Waals surface area contributed by atoms with Gasteiger partial charge in [-0.1, -0.05) is 120 Å². The Bertz CT molecular complexity index is 4610. The number of carbonyl (C=O) groups is 6. The minimum Gasteiger partial charge on any atom is -0.481 e. The fourth-order valence-corrected chi connectivity index (χ4v) is 28.0. The number of hydrogen-bond acceptors (Lipinski definition) is 20. The number of aliphatic hydroxyl groups is 2. The second kappa shape index (κ2) is 28.9. The second-order valence-electron chi connectivity index (χ2n) is 41.1. The predicted octanol–water partition coefficient (Wildman–Crippen LogP) is 15.1. The molecule has 0 saturated heterocycles. The summed E-state index contributed by atoms with van der Waals surface area (Å²) in [6.07, 6.45) is 13.1. The zero-order valence-electron chi connectivity index (χ0n) is 70.3. The molecule has 0 bridgehead atoms. The largest absolute Gasteiger partial charge is 0.481 e. The van der Waals surface area contributed by atoms with Gasteiger partial charge in [-0.25, -0.2) is 19.9 Å². The van der Waals surface area contributed by atoms with Gasteiger partial charge in [0.15, 0.2) is 34.9 Å². The number of aliphatic carboxylic acids is 2. The smallest absolute Gasteiger partial charge is 0.310 e. The van der Waals surface area contributed by atoms with Crippen molar-refractivity contribution in [2.75, 3.05) is 13.1 Å².